The van der Waals surface area contributed by atoms with Crippen LogP contribution in [0.2, 0.25) is 0 Å². The lowest BCUT2D eigenvalue weighted by Gasteiger charge is -2.10. The van der Waals surface area contributed by atoms with E-state index in [9.17, 15) is 21.6 Å². The minimum Gasteiger partial charge on any atom is -0.479 e. The van der Waals surface area contributed by atoms with Crippen molar-refractivity contribution in [1.29, 1.82) is 0 Å². The standard InChI is InChI=1S/C10H7F3N2O3S/c1-18-9-8-6(3-2-4-14-8)5-7(15-9)19(16,17)10(11,12)13/h2-5H,1H3. The van der Waals surface area contributed by atoms with E-state index in [1.165, 1.54) is 25.4 Å². The molecule has 0 saturated heterocycles. The molecule has 0 atom stereocenters. The molecule has 0 unspecified atom stereocenters. The Labute approximate surface area is 106 Å². The molecule has 0 fully saturated rings. The van der Waals surface area contributed by atoms with E-state index >= 15 is 0 Å². The third kappa shape index (κ3) is 2.21. The van der Waals surface area contributed by atoms with Gasteiger partial charge in [0.05, 0.1) is 7.11 Å². The molecule has 0 N–H and O–H groups in total. The molecule has 9 heteroatoms. The van der Waals surface area contributed by atoms with E-state index in [1.54, 1.807) is 0 Å². The van der Waals surface area contributed by atoms with Gasteiger partial charge in [-0.25, -0.2) is 8.42 Å². The monoisotopic (exact) mass is 292 g/mol. The second-order valence-corrected chi connectivity index (χ2v) is 5.38. The Morgan fingerprint density at radius 3 is 2.58 bits per heavy atom. The van der Waals surface area contributed by atoms with E-state index in [-0.39, 0.29) is 16.8 Å². The molecule has 2 aromatic rings. The van der Waals surface area contributed by atoms with Crippen molar-refractivity contribution in [2.24, 2.45) is 0 Å². The molecule has 2 aromatic heterocycles. The molecule has 19 heavy (non-hydrogen) atoms. The maximum absolute atomic E-state index is 12.5. The summed E-state index contributed by atoms with van der Waals surface area (Å²) >= 11 is 0. The lowest BCUT2D eigenvalue weighted by atomic mass is 10.2. The quantitative estimate of drug-likeness (QED) is 0.846. The molecule has 0 bridgehead atoms. The van der Waals surface area contributed by atoms with Crippen LogP contribution in [0.25, 0.3) is 10.9 Å². The highest BCUT2D eigenvalue weighted by Crippen LogP contribution is 2.32. The molecule has 5 nitrogen and oxygen atoms in total. The van der Waals surface area contributed by atoms with Crippen molar-refractivity contribution in [2.75, 3.05) is 7.11 Å². The first-order valence-corrected chi connectivity index (χ1v) is 6.37. The van der Waals surface area contributed by atoms with Crippen LogP contribution in [0.3, 0.4) is 0 Å². The zero-order chi connectivity index (χ0) is 14.3. The number of hydrogen-bond donors (Lipinski definition) is 0. The topological polar surface area (TPSA) is 69.2 Å². The number of rotatable bonds is 2. The lowest BCUT2D eigenvalue weighted by Crippen LogP contribution is -2.24. The van der Waals surface area contributed by atoms with Crippen LogP contribution in [-0.2, 0) is 9.84 Å². The van der Waals surface area contributed by atoms with E-state index in [1.807, 2.05) is 0 Å². The van der Waals surface area contributed by atoms with Gasteiger partial charge in [-0.3, -0.25) is 4.98 Å². The molecule has 0 aliphatic carbocycles. The largest absolute Gasteiger partial charge is 0.503 e. The van der Waals surface area contributed by atoms with Gasteiger partial charge < -0.3 is 4.74 Å². The number of fused-ring (bicyclic) bond motifs is 1. The van der Waals surface area contributed by atoms with Gasteiger partial charge >= 0.3 is 5.51 Å². The maximum atomic E-state index is 12.5. The maximum Gasteiger partial charge on any atom is 0.503 e. The molecular weight excluding hydrogens is 285 g/mol. The molecule has 0 amide bonds. The first-order chi connectivity index (χ1) is 8.77. The van der Waals surface area contributed by atoms with Crippen molar-refractivity contribution in [3.63, 3.8) is 0 Å². The number of halogens is 3. The van der Waals surface area contributed by atoms with E-state index in [0.29, 0.717) is 0 Å². The van der Waals surface area contributed by atoms with E-state index < -0.39 is 20.4 Å². The summed E-state index contributed by atoms with van der Waals surface area (Å²) in [6.07, 6.45) is 1.39. The molecule has 0 radical (unpaired) electrons. The number of methoxy groups -OCH3 is 1. The van der Waals surface area contributed by atoms with Gasteiger partial charge in [0.1, 0.15) is 5.52 Å². The first-order valence-electron chi connectivity index (χ1n) is 4.88. The summed E-state index contributed by atoms with van der Waals surface area (Å²) in [5, 5.41) is -0.922. The average Bonchev–Trinajstić information content (AvgIpc) is 2.36. The summed E-state index contributed by atoms with van der Waals surface area (Å²) in [7, 11) is -4.35. The van der Waals surface area contributed by atoms with Crippen LogP contribution < -0.4 is 4.74 Å². The highest BCUT2D eigenvalue weighted by atomic mass is 32.2. The van der Waals surface area contributed by atoms with Crippen LogP contribution >= 0.6 is 0 Å². The van der Waals surface area contributed by atoms with Crippen LogP contribution in [0.5, 0.6) is 5.88 Å². The van der Waals surface area contributed by atoms with Crippen LogP contribution in [0, 0.1) is 0 Å². The zero-order valence-corrected chi connectivity index (χ0v) is 10.3. The first kappa shape index (κ1) is 13.5. The number of nitrogens with zero attached hydrogens (tertiary/aromatic N) is 2. The lowest BCUT2D eigenvalue weighted by molar-refractivity contribution is -0.0438. The SMILES string of the molecule is COc1nc(S(=O)(=O)C(F)(F)F)cc2cccnc12. The van der Waals surface area contributed by atoms with Crippen LogP contribution in [0.4, 0.5) is 13.2 Å². The summed E-state index contributed by atoms with van der Waals surface area (Å²) < 4.78 is 64.8. The Balaban J connectivity index is 2.77. The second-order valence-electron chi connectivity index (χ2n) is 3.49. The smallest absolute Gasteiger partial charge is 0.479 e. The van der Waals surface area contributed by atoms with Gasteiger partial charge in [0, 0.05) is 11.6 Å². The number of alkyl halides is 3. The summed E-state index contributed by atoms with van der Waals surface area (Å²) in [5.41, 5.74) is -5.23. The number of sulfone groups is 1. The van der Waals surface area contributed by atoms with Crippen molar-refractivity contribution in [1.82, 2.24) is 9.97 Å². The molecule has 102 valence electrons. The Kier molecular flexibility index (Phi) is 3.09. The average molecular weight is 292 g/mol. The fraction of sp³-hybridized carbons (Fsp3) is 0.200. The third-order valence-corrected chi connectivity index (χ3v) is 3.67. The third-order valence-electron chi connectivity index (χ3n) is 2.31. The molecule has 0 spiro atoms. The number of pyridine rings is 2. The zero-order valence-electron chi connectivity index (χ0n) is 9.47. The van der Waals surface area contributed by atoms with E-state index in [4.69, 9.17) is 4.74 Å². The molecule has 0 aliphatic heterocycles. The molecule has 2 rings (SSSR count). The summed E-state index contributed by atoms with van der Waals surface area (Å²) in [5.74, 6) is -0.277. The van der Waals surface area contributed by atoms with Crippen molar-refractivity contribution in [3.8, 4) is 5.88 Å². The van der Waals surface area contributed by atoms with E-state index in [0.717, 1.165) is 6.07 Å². The van der Waals surface area contributed by atoms with Gasteiger partial charge in [-0.2, -0.15) is 18.2 Å². The van der Waals surface area contributed by atoms with Crippen LogP contribution in [0.1, 0.15) is 0 Å². The van der Waals surface area contributed by atoms with Gasteiger partial charge in [-0.1, -0.05) is 6.07 Å². The predicted molar refractivity (Wildman–Crippen MR) is 59.3 cm³/mol. The Bertz CT molecular complexity index is 728. The van der Waals surface area contributed by atoms with Gasteiger partial charge in [-0.05, 0) is 12.1 Å². The fourth-order valence-corrected chi connectivity index (χ4v) is 2.15. The predicted octanol–water partition coefficient (Wildman–Crippen LogP) is 1.93. The Morgan fingerprint density at radius 1 is 1.32 bits per heavy atom. The van der Waals surface area contributed by atoms with Crippen molar-refractivity contribution < 1.29 is 26.3 Å². The number of hydrogen-bond acceptors (Lipinski definition) is 5. The highest BCUT2D eigenvalue weighted by molar-refractivity contribution is 7.92. The molecule has 0 aliphatic rings. The fourth-order valence-electron chi connectivity index (χ4n) is 1.43. The minimum atomic E-state index is -5.52. The summed E-state index contributed by atoms with van der Waals surface area (Å²) in [6, 6.07) is 3.70. The summed E-state index contributed by atoms with van der Waals surface area (Å²) in [6.45, 7) is 0. The Hall–Kier alpha value is -1.90. The van der Waals surface area contributed by atoms with E-state index in [2.05, 4.69) is 9.97 Å². The summed E-state index contributed by atoms with van der Waals surface area (Å²) in [4.78, 5) is 7.24. The molecule has 0 aromatic carbocycles. The second kappa shape index (κ2) is 4.34. The number of aromatic nitrogens is 2. The van der Waals surface area contributed by atoms with Gasteiger partial charge in [-0.15, -0.1) is 0 Å². The highest BCUT2D eigenvalue weighted by Gasteiger charge is 2.48. The van der Waals surface area contributed by atoms with Gasteiger partial charge in [0.15, 0.2) is 5.03 Å². The molecule has 2 heterocycles. The molecule has 0 saturated carbocycles. The minimum absolute atomic E-state index is 0.186. The van der Waals surface area contributed by atoms with Gasteiger partial charge in [0.2, 0.25) is 5.88 Å². The normalized spacial score (nSPS) is 12.6. The van der Waals surface area contributed by atoms with Crippen molar-refractivity contribution in [3.05, 3.63) is 24.4 Å². The number of ether oxygens (including phenoxy) is 1. The molecular formula is C10H7F3N2O3S. The van der Waals surface area contributed by atoms with Crippen molar-refractivity contribution in [2.45, 2.75) is 10.5 Å². The van der Waals surface area contributed by atoms with Crippen LogP contribution in [0.15, 0.2) is 29.4 Å². The van der Waals surface area contributed by atoms with Gasteiger partial charge in [0.25, 0.3) is 9.84 Å². The van der Waals surface area contributed by atoms with Crippen LogP contribution in [-0.4, -0.2) is 31.0 Å². The van der Waals surface area contributed by atoms with Crippen molar-refractivity contribution >= 4 is 20.7 Å². The Morgan fingerprint density at radius 2 is 2.00 bits per heavy atom.